The van der Waals surface area contributed by atoms with Crippen LogP contribution in [0.15, 0.2) is 12.4 Å². The van der Waals surface area contributed by atoms with Crippen LogP contribution in [0.3, 0.4) is 0 Å². The number of fused-ring (bicyclic) bond motifs is 1. The summed E-state index contributed by atoms with van der Waals surface area (Å²) < 4.78 is 2.26. The Morgan fingerprint density at radius 3 is 3.18 bits per heavy atom. The van der Waals surface area contributed by atoms with Gasteiger partial charge in [0.25, 0.3) is 0 Å². The van der Waals surface area contributed by atoms with Gasteiger partial charge in [-0.3, -0.25) is 4.90 Å². The first kappa shape index (κ1) is 11.2. The van der Waals surface area contributed by atoms with E-state index in [1.165, 1.54) is 18.7 Å². The number of rotatable bonds is 5. The third-order valence-corrected chi connectivity index (χ3v) is 4.05. The van der Waals surface area contributed by atoms with Crippen LogP contribution in [-0.4, -0.2) is 40.1 Å². The molecule has 1 unspecified atom stereocenters. The maximum atomic E-state index is 4.39. The van der Waals surface area contributed by atoms with Gasteiger partial charge in [-0.15, -0.1) is 0 Å². The third kappa shape index (κ3) is 2.69. The van der Waals surface area contributed by atoms with Gasteiger partial charge in [-0.05, 0) is 25.7 Å². The van der Waals surface area contributed by atoms with Gasteiger partial charge in [-0.2, -0.15) is 0 Å². The summed E-state index contributed by atoms with van der Waals surface area (Å²) in [4.78, 5) is 6.88. The van der Waals surface area contributed by atoms with Crippen LogP contribution in [0, 0.1) is 5.92 Å². The first-order valence-electron chi connectivity index (χ1n) is 6.78. The van der Waals surface area contributed by atoms with Gasteiger partial charge in [0.1, 0.15) is 5.82 Å². The predicted molar refractivity (Wildman–Crippen MR) is 67.7 cm³/mol. The number of aromatic nitrogens is 2. The highest BCUT2D eigenvalue weighted by Crippen LogP contribution is 2.32. The van der Waals surface area contributed by atoms with Gasteiger partial charge in [0, 0.05) is 44.6 Å². The monoisotopic (exact) mass is 234 g/mol. The smallest absolute Gasteiger partial charge is 0.122 e. The summed E-state index contributed by atoms with van der Waals surface area (Å²) in [6, 6.07) is 0.710. The van der Waals surface area contributed by atoms with Crippen molar-refractivity contribution in [3.8, 4) is 0 Å². The van der Waals surface area contributed by atoms with Crippen LogP contribution in [-0.2, 0) is 13.1 Å². The van der Waals surface area contributed by atoms with E-state index in [4.69, 9.17) is 0 Å². The lowest BCUT2D eigenvalue weighted by molar-refractivity contribution is 0.214. The summed E-state index contributed by atoms with van der Waals surface area (Å²) in [6.45, 7) is 7.83. The van der Waals surface area contributed by atoms with Gasteiger partial charge < -0.3 is 9.88 Å². The normalized spacial score (nSPS) is 22.4. The standard InChI is InChI=1S/C13H22N4/c1-11(12-2-3-12)14-4-6-16-8-9-17-7-5-15-13(17)10-16/h5,7,11-12,14H,2-4,6,8-10H2,1H3. The third-order valence-electron chi connectivity index (χ3n) is 4.05. The van der Waals surface area contributed by atoms with Gasteiger partial charge in [-0.1, -0.05) is 0 Å². The van der Waals surface area contributed by atoms with Crippen LogP contribution in [0.2, 0.25) is 0 Å². The molecular weight excluding hydrogens is 212 g/mol. The van der Waals surface area contributed by atoms with Crippen molar-refractivity contribution in [2.45, 2.75) is 38.9 Å². The molecule has 0 saturated heterocycles. The topological polar surface area (TPSA) is 33.1 Å². The molecule has 94 valence electrons. The summed E-state index contributed by atoms with van der Waals surface area (Å²) in [6.07, 6.45) is 6.84. The average molecular weight is 234 g/mol. The molecule has 4 nitrogen and oxygen atoms in total. The number of hydrogen-bond donors (Lipinski definition) is 1. The molecule has 2 aliphatic rings. The Balaban J connectivity index is 1.41. The molecule has 1 fully saturated rings. The minimum atomic E-state index is 0.710. The van der Waals surface area contributed by atoms with Gasteiger partial charge in [0.05, 0.1) is 6.54 Å². The van der Waals surface area contributed by atoms with Crippen molar-refractivity contribution >= 4 is 0 Å². The second-order valence-corrected chi connectivity index (χ2v) is 5.39. The molecule has 1 aromatic heterocycles. The van der Waals surface area contributed by atoms with Crippen LogP contribution in [0.25, 0.3) is 0 Å². The maximum Gasteiger partial charge on any atom is 0.122 e. The van der Waals surface area contributed by atoms with Crippen molar-refractivity contribution in [3.63, 3.8) is 0 Å². The van der Waals surface area contributed by atoms with E-state index in [1.807, 2.05) is 6.20 Å². The maximum absolute atomic E-state index is 4.39. The molecule has 1 N–H and O–H groups in total. The number of hydrogen-bond acceptors (Lipinski definition) is 3. The van der Waals surface area contributed by atoms with Gasteiger partial charge in [0.2, 0.25) is 0 Å². The zero-order chi connectivity index (χ0) is 11.7. The Morgan fingerprint density at radius 1 is 1.47 bits per heavy atom. The Bertz CT molecular complexity index is 369. The zero-order valence-electron chi connectivity index (χ0n) is 10.6. The quantitative estimate of drug-likeness (QED) is 0.828. The molecule has 4 heteroatoms. The fraction of sp³-hybridized carbons (Fsp3) is 0.769. The van der Waals surface area contributed by atoms with Crippen LogP contribution in [0.1, 0.15) is 25.6 Å². The summed E-state index contributed by atoms with van der Waals surface area (Å²) in [5, 5.41) is 3.64. The minimum absolute atomic E-state index is 0.710. The molecule has 1 aliphatic carbocycles. The Labute approximate surface area is 103 Å². The van der Waals surface area contributed by atoms with Crippen molar-refractivity contribution in [2.24, 2.45) is 5.92 Å². The van der Waals surface area contributed by atoms with Crippen LogP contribution >= 0.6 is 0 Å². The van der Waals surface area contributed by atoms with Crippen LogP contribution in [0.5, 0.6) is 0 Å². The SMILES string of the molecule is CC(NCCN1CCn2ccnc2C1)C1CC1. The lowest BCUT2D eigenvalue weighted by Crippen LogP contribution is -2.40. The van der Waals surface area contributed by atoms with Crippen molar-refractivity contribution in [1.29, 1.82) is 0 Å². The molecule has 1 saturated carbocycles. The molecule has 0 aromatic carbocycles. The van der Waals surface area contributed by atoms with E-state index in [0.717, 1.165) is 38.6 Å². The van der Waals surface area contributed by atoms with Crippen molar-refractivity contribution in [1.82, 2.24) is 19.8 Å². The van der Waals surface area contributed by atoms with E-state index in [1.54, 1.807) is 0 Å². The molecule has 2 heterocycles. The zero-order valence-corrected chi connectivity index (χ0v) is 10.6. The van der Waals surface area contributed by atoms with E-state index >= 15 is 0 Å². The summed E-state index contributed by atoms with van der Waals surface area (Å²) >= 11 is 0. The highest BCUT2D eigenvalue weighted by molar-refractivity contribution is 4.95. The molecule has 0 amide bonds. The first-order chi connectivity index (χ1) is 8.33. The van der Waals surface area contributed by atoms with E-state index in [9.17, 15) is 0 Å². The molecule has 3 rings (SSSR count). The van der Waals surface area contributed by atoms with E-state index < -0.39 is 0 Å². The fourth-order valence-electron chi connectivity index (χ4n) is 2.63. The highest BCUT2D eigenvalue weighted by Gasteiger charge is 2.27. The molecule has 0 spiro atoms. The molecule has 0 radical (unpaired) electrons. The Kier molecular flexibility index (Phi) is 3.16. The first-order valence-corrected chi connectivity index (χ1v) is 6.78. The lowest BCUT2D eigenvalue weighted by Gasteiger charge is -2.28. The number of nitrogens with zero attached hydrogens (tertiary/aromatic N) is 3. The number of nitrogens with one attached hydrogen (secondary N) is 1. The Morgan fingerprint density at radius 2 is 2.35 bits per heavy atom. The molecule has 1 atom stereocenters. The minimum Gasteiger partial charge on any atom is -0.333 e. The molecule has 17 heavy (non-hydrogen) atoms. The molecular formula is C13H22N4. The van der Waals surface area contributed by atoms with E-state index in [-0.39, 0.29) is 0 Å². The van der Waals surface area contributed by atoms with Crippen molar-refractivity contribution in [2.75, 3.05) is 19.6 Å². The largest absolute Gasteiger partial charge is 0.333 e. The second kappa shape index (κ2) is 4.78. The fourth-order valence-corrected chi connectivity index (χ4v) is 2.63. The summed E-state index contributed by atoms with van der Waals surface area (Å²) in [7, 11) is 0. The van der Waals surface area contributed by atoms with Crippen LogP contribution in [0.4, 0.5) is 0 Å². The average Bonchev–Trinajstić information content (AvgIpc) is 3.08. The Hall–Kier alpha value is -0.870. The number of imidazole rings is 1. The molecule has 1 aromatic rings. The van der Waals surface area contributed by atoms with E-state index in [0.29, 0.717) is 6.04 Å². The van der Waals surface area contributed by atoms with Crippen molar-refractivity contribution in [3.05, 3.63) is 18.2 Å². The van der Waals surface area contributed by atoms with E-state index in [2.05, 4.69) is 32.9 Å². The highest BCUT2D eigenvalue weighted by atomic mass is 15.2. The molecule has 0 bridgehead atoms. The summed E-state index contributed by atoms with van der Waals surface area (Å²) in [5.74, 6) is 2.17. The van der Waals surface area contributed by atoms with Gasteiger partial charge >= 0.3 is 0 Å². The van der Waals surface area contributed by atoms with Gasteiger partial charge in [0.15, 0.2) is 0 Å². The van der Waals surface area contributed by atoms with Crippen LogP contribution < -0.4 is 5.32 Å². The van der Waals surface area contributed by atoms with Gasteiger partial charge in [-0.25, -0.2) is 4.98 Å². The second-order valence-electron chi connectivity index (χ2n) is 5.39. The predicted octanol–water partition coefficient (Wildman–Crippen LogP) is 1.09. The molecule has 1 aliphatic heterocycles. The van der Waals surface area contributed by atoms with Crippen molar-refractivity contribution < 1.29 is 0 Å². The lowest BCUT2D eigenvalue weighted by atomic mass is 10.2. The summed E-state index contributed by atoms with van der Waals surface area (Å²) in [5.41, 5.74) is 0.